The van der Waals surface area contributed by atoms with Gasteiger partial charge in [-0.1, -0.05) is 22.6 Å². The van der Waals surface area contributed by atoms with E-state index >= 15 is 0 Å². The van der Waals surface area contributed by atoms with Gasteiger partial charge in [-0.3, -0.25) is 0 Å². The Hall–Kier alpha value is 0.650. The predicted octanol–water partition coefficient (Wildman–Crippen LogP) is 1.86. The molecule has 0 aromatic heterocycles. The van der Waals surface area contributed by atoms with Crippen molar-refractivity contribution in [2.24, 2.45) is 0 Å². The van der Waals surface area contributed by atoms with Gasteiger partial charge in [-0.2, -0.15) is 0 Å². The second-order valence-electron chi connectivity index (χ2n) is 2.22. The predicted molar refractivity (Wildman–Crippen MR) is 50.8 cm³/mol. The SMILES string of the molecule is CC(C)OCCOCCI. The molecule has 0 saturated carbocycles. The van der Waals surface area contributed by atoms with Crippen LogP contribution >= 0.6 is 22.6 Å². The Morgan fingerprint density at radius 2 is 1.90 bits per heavy atom. The quantitative estimate of drug-likeness (QED) is 0.411. The zero-order chi connectivity index (χ0) is 7.82. The molecule has 0 spiro atoms. The first-order chi connectivity index (χ1) is 4.77. The summed E-state index contributed by atoms with van der Waals surface area (Å²) in [7, 11) is 0. The van der Waals surface area contributed by atoms with Gasteiger partial charge in [-0.15, -0.1) is 0 Å². The van der Waals surface area contributed by atoms with E-state index in [-0.39, 0.29) is 0 Å². The van der Waals surface area contributed by atoms with Crippen molar-refractivity contribution in [2.45, 2.75) is 20.0 Å². The van der Waals surface area contributed by atoms with Crippen molar-refractivity contribution < 1.29 is 9.47 Å². The fourth-order valence-corrected chi connectivity index (χ4v) is 0.811. The van der Waals surface area contributed by atoms with Gasteiger partial charge in [0.25, 0.3) is 0 Å². The van der Waals surface area contributed by atoms with Crippen molar-refractivity contribution in [3.63, 3.8) is 0 Å². The van der Waals surface area contributed by atoms with Crippen LogP contribution in [0.15, 0.2) is 0 Å². The van der Waals surface area contributed by atoms with Crippen LogP contribution in [0.4, 0.5) is 0 Å². The molecule has 0 unspecified atom stereocenters. The smallest absolute Gasteiger partial charge is 0.0703 e. The Morgan fingerprint density at radius 3 is 2.40 bits per heavy atom. The topological polar surface area (TPSA) is 18.5 Å². The van der Waals surface area contributed by atoms with Crippen molar-refractivity contribution in [1.29, 1.82) is 0 Å². The van der Waals surface area contributed by atoms with E-state index in [9.17, 15) is 0 Å². The van der Waals surface area contributed by atoms with E-state index in [2.05, 4.69) is 22.6 Å². The molecule has 0 bridgehead atoms. The molecule has 0 amide bonds. The first-order valence-electron chi connectivity index (χ1n) is 3.52. The van der Waals surface area contributed by atoms with E-state index in [0.717, 1.165) is 17.6 Å². The lowest BCUT2D eigenvalue weighted by atomic mass is 10.5. The Morgan fingerprint density at radius 1 is 1.20 bits per heavy atom. The number of hydrogen-bond acceptors (Lipinski definition) is 2. The van der Waals surface area contributed by atoms with Gasteiger partial charge in [0.1, 0.15) is 0 Å². The minimum absolute atomic E-state index is 0.322. The summed E-state index contributed by atoms with van der Waals surface area (Å²) in [4.78, 5) is 0. The number of hydrogen-bond donors (Lipinski definition) is 0. The second kappa shape index (κ2) is 7.75. The third kappa shape index (κ3) is 8.65. The van der Waals surface area contributed by atoms with Gasteiger partial charge in [-0.25, -0.2) is 0 Å². The Labute approximate surface area is 76.4 Å². The van der Waals surface area contributed by atoms with Gasteiger partial charge >= 0.3 is 0 Å². The highest BCUT2D eigenvalue weighted by Crippen LogP contribution is 1.88. The summed E-state index contributed by atoms with van der Waals surface area (Å²) in [5.41, 5.74) is 0. The molecule has 0 aliphatic carbocycles. The number of halogens is 1. The van der Waals surface area contributed by atoms with Crippen molar-refractivity contribution in [3.05, 3.63) is 0 Å². The average molecular weight is 258 g/mol. The van der Waals surface area contributed by atoms with Gasteiger partial charge in [0.05, 0.1) is 25.9 Å². The third-order valence-corrected chi connectivity index (χ3v) is 1.34. The molecular weight excluding hydrogens is 243 g/mol. The lowest BCUT2D eigenvalue weighted by Crippen LogP contribution is -2.10. The molecular formula is C7H15IO2. The standard InChI is InChI=1S/C7H15IO2/c1-7(2)10-6-5-9-4-3-8/h7H,3-6H2,1-2H3. The maximum Gasteiger partial charge on any atom is 0.0703 e. The van der Waals surface area contributed by atoms with Crippen molar-refractivity contribution >= 4 is 22.6 Å². The zero-order valence-electron chi connectivity index (χ0n) is 6.60. The summed E-state index contributed by atoms with van der Waals surface area (Å²) in [5.74, 6) is 0. The molecule has 62 valence electrons. The lowest BCUT2D eigenvalue weighted by molar-refractivity contribution is 0.0241. The fourth-order valence-electron chi connectivity index (χ4n) is 0.499. The second-order valence-corrected chi connectivity index (χ2v) is 3.30. The molecule has 0 radical (unpaired) electrons. The summed E-state index contributed by atoms with van der Waals surface area (Å²) in [6, 6.07) is 0. The van der Waals surface area contributed by atoms with E-state index in [1.54, 1.807) is 0 Å². The van der Waals surface area contributed by atoms with Crippen LogP contribution in [0, 0.1) is 0 Å². The maximum atomic E-state index is 5.26. The van der Waals surface area contributed by atoms with Crippen molar-refractivity contribution in [1.82, 2.24) is 0 Å². The van der Waals surface area contributed by atoms with Gasteiger partial charge in [0, 0.05) is 4.43 Å². The Balaban J connectivity index is 2.77. The van der Waals surface area contributed by atoms with Crippen LogP contribution in [-0.4, -0.2) is 30.4 Å². The highest BCUT2D eigenvalue weighted by Gasteiger charge is 1.91. The van der Waals surface area contributed by atoms with Gasteiger partial charge in [-0.05, 0) is 13.8 Å². The minimum atomic E-state index is 0.322. The van der Waals surface area contributed by atoms with E-state index < -0.39 is 0 Å². The molecule has 0 aromatic rings. The number of rotatable bonds is 6. The first-order valence-corrected chi connectivity index (χ1v) is 5.05. The summed E-state index contributed by atoms with van der Waals surface area (Å²) in [6.07, 6.45) is 0.322. The molecule has 0 saturated heterocycles. The normalized spacial score (nSPS) is 10.8. The number of alkyl halides is 1. The van der Waals surface area contributed by atoms with Crippen molar-refractivity contribution in [2.75, 3.05) is 24.2 Å². The van der Waals surface area contributed by atoms with Crippen molar-refractivity contribution in [3.8, 4) is 0 Å². The Kier molecular flexibility index (Phi) is 8.26. The zero-order valence-corrected chi connectivity index (χ0v) is 8.76. The third-order valence-electron chi connectivity index (χ3n) is 0.900. The minimum Gasteiger partial charge on any atom is -0.378 e. The molecule has 2 nitrogen and oxygen atoms in total. The van der Waals surface area contributed by atoms with E-state index in [4.69, 9.17) is 9.47 Å². The van der Waals surface area contributed by atoms with Gasteiger partial charge in [0.15, 0.2) is 0 Å². The molecule has 0 heterocycles. The van der Waals surface area contributed by atoms with Gasteiger partial charge < -0.3 is 9.47 Å². The van der Waals surface area contributed by atoms with E-state index in [1.807, 2.05) is 13.8 Å². The summed E-state index contributed by atoms with van der Waals surface area (Å²) < 4.78 is 11.5. The van der Waals surface area contributed by atoms with Crippen LogP contribution in [0.5, 0.6) is 0 Å². The monoisotopic (exact) mass is 258 g/mol. The van der Waals surface area contributed by atoms with Crippen LogP contribution < -0.4 is 0 Å². The summed E-state index contributed by atoms with van der Waals surface area (Å²) in [6.45, 7) is 6.33. The van der Waals surface area contributed by atoms with Crippen LogP contribution in [0.2, 0.25) is 0 Å². The molecule has 3 heteroatoms. The van der Waals surface area contributed by atoms with Crippen LogP contribution in [0.25, 0.3) is 0 Å². The average Bonchev–Trinajstić information content (AvgIpc) is 1.87. The first kappa shape index (κ1) is 10.7. The van der Waals surface area contributed by atoms with E-state index in [0.29, 0.717) is 12.7 Å². The van der Waals surface area contributed by atoms with E-state index in [1.165, 1.54) is 0 Å². The van der Waals surface area contributed by atoms with Crippen LogP contribution in [0.1, 0.15) is 13.8 Å². The molecule has 0 rings (SSSR count). The highest BCUT2D eigenvalue weighted by atomic mass is 127. The number of ether oxygens (including phenoxy) is 2. The highest BCUT2D eigenvalue weighted by molar-refractivity contribution is 14.1. The molecule has 0 N–H and O–H groups in total. The largest absolute Gasteiger partial charge is 0.378 e. The molecule has 0 aliphatic heterocycles. The molecule has 0 aliphatic rings. The molecule has 0 atom stereocenters. The summed E-state index contributed by atoms with van der Waals surface area (Å²) in [5, 5.41) is 0. The maximum absolute atomic E-state index is 5.26. The van der Waals surface area contributed by atoms with Crippen LogP contribution in [0.3, 0.4) is 0 Å². The molecule has 0 fully saturated rings. The van der Waals surface area contributed by atoms with Crippen LogP contribution in [-0.2, 0) is 9.47 Å². The fraction of sp³-hybridized carbons (Fsp3) is 1.00. The summed E-state index contributed by atoms with van der Waals surface area (Å²) >= 11 is 2.29. The molecule has 0 aromatic carbocycles. The lowest BCUT2D eigenvalue weighted by Gasteiger charge is -2.06. The van der Waals surface area contributed by atoms with Gasteiger partial charge in [0.2, 0.25) is 0 Å². The molecule has 10 heavy (non-hydrogen) atoms. The Bertz CT molecular complexity index is 66.6.